The Labute approximate surface area is 137 Å². The zero-order valence-corrected chi connectivity index (χ0v) is 13.0. The average molecular weight is 323 g/mol. The summed E-state index contributed by atoms with van der Waals surface area (Å²) in [6.45, 7) is 1.26. The zero-order valence-electron chi connectivity index (χ0n) is 13.0. The van der Waals surface area contributed by atoms with Gasteiger partial charge in [0.1, 0.15) is 0 Å². The lowest BCUT2D eigenvalue weighted by atomic mass is 9.82. The van der Waals surface area contributed by atoms with Crippen LogP contribution in [0.1, 0.15) is 49.1 Å². The van der Waals surface area contributed by atoms with E-state index in [1.807, 2.05) is 0 Å². The van der Waals surface area contributed by atoms with Crippen LogP contribution in [0.3, 0.4) is 0 Å². The van der Waals surface area contributed by atoms with Crippen molar-refractivity contribution in [2.24, 2.45) is 0 Å². The summed E-state index contributed by atoms with van der Waals surface area (Å²) in [6, 6.07) is 8.93. The van der Waals surface area contributed by atoms with Crippen molar-refractivity contribution in [3.8, 4) is 0 Å². The summed E-state index contributed by atoms with van der Waals surface area (Å²) in [5.74, 6) is -2.55. The number of carboxylic acids is 1. The highest BCUT2D eigenvalue weighted by Gasteiger charge is 2.35. The van der Waals surface area contributed by atoms with E-state index in [1.165, 1.54) is 32.2 Å². The molecular formula is C18H13NO5. The van der Waals surface area contributed by atoms with Crippen molar-refractivity contribution in [3.05, 3.63) is 64.2 Å². The highest BCUT2D eigenvalue weighted by atomic mass is 16.4. The number of ketones is 2. The van der Waals surface area contributed by atoms with Gasteiger partial charge in [-0.25, -0.2) is 4.79 Å². The van der Waals surface area contributed by atoms with Crippen LogP contribution < -0.4 is 4.90 Å². The van der Waals surface area contributed by atoms with Crippen molar-refractivity contribution < 1.29 is 24.3 Å². The fraction of sp³-hybridized carbons (Fsp3) is 0.111. The number of carboxylic acid groups (broad SMARTS) is 1. The minimum atomic E-state index is -1.28. The fourth-order valence-electron chi connectivity index (χ4n) is 2.85. The average Bonchev–Trinajstić information content (AvgIpc) is 2.57. The summed E-state index contributed by atoms with van der Waals surface area (Å²) in [4.78, 5) is 50.0. The third-order valence-electron chi connectivity index (χ3n) is 4.10. The van der Waals surface area contributed by atoms with Gasteiger partial charge in [0, 0.05) is 30.7 Å². The summed E-state index contributed by atoms with van der Waals surface area (Å²) < 4.78 is 0. The van der Waals surface area contributed by atoms with Crippen LogP contribution in [0, 0.1) is 0 Å². The first-order chi connectivity index (χ1) is 11.3. The Morgan fingerprint density at radius 3 is 2.04 bits per heavy atom. The molecule has 1 aliphatic carbocycles. The van der Waals surface area contributed by atoms with Gasteiger partial charge in [-0.1, -0.05) is 24.3 Å². The van der Waals surface area contributed by atoms with Gasteiger partial charge < -0.3 is 10.0 Å². The van der Waals surface area contributed by atoms with Gasteiger partial charge in [0.2, 0.25) is 5.91 Å². The molecule has 0 radical (unpaired) electrons. The van der Waals surface area contributed by atoms with E-state index in [2.05, 4.69) is 0 Å². The molecule has 24 heavy (non-hydrogen) atoms. The molecule has 0 saturated heterocycles. The zero-order chi connectivity index (χ0) is 17.6. The molecule has 0 heterocycles. The van der Waals surface area contributed by atoms with Crippen LogP contribution in [0.5, 0.6) is 0 Å². The summed E-state index contributed by atoms with van der Waals surface area (Å²) in [5.41, 5.74) is 0.278. The minimum absolute atomic E-state index is 0.0451. The molecule has 0 aromatic heterocycles. The Morgan fingerprint density at radius 2 is 1.50 bits per heavy atom. The molecule has 3 rings (SSSR count). The SMILES string of the molecule is CC(=O)N(C)c1c(C(=O)O)ccc2c1C(=O)c1ccccc1C2=O. The van der Waals surface area contributed by atoms with Gasteiger partial charge in [0.05, 0.1) is 16.8 Å². The molecule has 1 N–H and O–H groups in total. The third-order valence-corrected chi connectivity index (χ3v) is 4.10. The van der Waals surface area contributed by atoms with Gasteiger partial charge in [-0.2, -0.15) is 0 Å². The van der Waals surface area contributed by atoms with Crippen LogP contribution >= 0.6 is 0 Å². The van der Waals surface area contributed by atoms with Crippen molar-refractivity contribution in [2.75, 3.05) is 11.9 Å². The maximum Gasteiger partial charge on any atom is 0.337 e. The molecule has 1 amide bonds. The number of benzene rings is 2. The van der Waals surface area contributed by atoms with Crippen molar-refractivity contribution in [1.82, 2.24) is 0 Å². The number of hydrogen-bond acceptors (Lipinski definition) is 4. The molecule has 6 nitrogen and oxygen atoms in total. The summed E-state index contributed by atoms with van der Waals surface area (Å²) in [7, 11) is 1.38. The maximum atomic E-state index is 12.9. The second-order valence-corrected chi connectivity index (χ2v) is 5.47. The summed E-state index contributed by atoms with van der Waals surface area (Å²) in [6.07, 6.45) is 0. The first-order valence-corrected chi connectivity index (χ1v) is 7.17. The highest BCUT2D eigenvalue weighted by Crippen LogP contribution is 2.36. The van der Waals surface area contributed by atoms with Gasteiger partial charge in [-0.15, -0.1) is 0 Å². The highest BCUT2D eigenvalue weighted by molar-refractivity contribution is 6.31. The predicted molar refractivity (Wildman–Crippen MR) is 85.8 cm³/mol. The molecule has 0 fully saturated rings. The molecule has 0 spiro atoms. The number of hydrogen-bond donors (Lipinski definition) is 1. The Morgan fingerprint density at radius 1 is 0.917 bits per heavy atom. The molecule has 120 valence electrons. The number of aromatic carboxylic acids is 1. The third kappa shape index (κ3) is 2.11. The standard InChI is InChI=1S/C18H13NO5/c1-9(20)19(2)15-13(18(23)24)8-7-12-14(15)17(22)11-6-4-3-5-10(11)16(12)21/h3-8H,1-2H3,(H,23,24). The van der Waals surface area contributed by atoms with Crippen LogP contribution in [0.25, 0.3) is 0 Å². The van der Waals surface area contributed by atoms with E-state index in [1.54, 1.807) is 18.2 Å². The molecule has 0 aliphatic heterocycles. The Kier molecular flexibility index (Phi) is 3.52. The first kappa shape index (κ1) is 15.6. The van der Waals surface area contributed by atoms with E-state index in [-0.39, 0.29) is 39.3 Å². The number of rotatable bonds is 2. The smallest absolute Gasteiger partial charge is 0.337 e. The van der Waals surface area contributed by atoms with Crippen LogP contribution in [-0.4, -0.2) is 35.6 Å². The summed E-state index contributed by atoms with van der Waals surface area (Å²) in [5, 5.41) is 9.41. The number of carbonyl (C=O) groups is 4. The second-order valence-electron chi connectivity index (χ2n) is 5.47. The van der Waals surface area contributed by atoms with E-state index in [0.717, 1.165) is 4.90 Å². The summed E-state index contributed by atoms with van der Waals surface area (Å²) >= 11 is 0. The van der Waals surface area contributed by atoms with E-state index in [4.69, 9.17) is 0 Å². The first-order valence-electron chi connectivity index (χ1n) is 7.17. The number of fused-ring (bicyclic) bond motifs is 2. The fourth-order valence-corrected chi connectivity index (χ4v) is 2.85. The second kappa shape index (κ2) is 5.42. The van der Waals surface area contributed by atoms with E-state index < -0.39 is 17.7 Å². The van der Waals surface area contributed by atoms with Crippen LogP contribution in [-0.2, 0) is 4.79 Å². The Hall–Kier alpha value is -3.28. The molecule has 6 heteroatoms. The molecule has 2 aromatic carbocycles. The largest absolute Gasteiger partial charge is 0.478 e. The van der Waals surface area contributed by atoms with Crippen LogP contribution in [0.4, 0.5) is 5.69 Å². The maximum absolute atomic E-state index is 12.9. The topological polar surface area (TPSA) is 91.8 Å². The molecule has 0 bridgehead atoms. The Bertz CT molecular complexity index is 929. The molecule has 0 atom stereocenters. The number of amides is 1. The van der Waals surface area contributed by atoms with E-state index >= 15 is 0 Å². The molecular weight excluding hydrogens is 310 g/mol. The quantitative estimate of drug-likeness (QED) is 0.780. The lowest BCUT2D eigenvalue weighted by Crippen LogP contribution is -2.31. The number of anilines is 1. The van der Waals surface area contributed by atoms with Gasteiger partial charge in [0.15, 0.2) is 11.6 Å². The van der Waals surface area contributed by atoms with E-state index in [0.29, 0.717) is 0 Å². The lowest BCUT2D eigenvalue weighted by molar-refractivity contribution is -0.116. The molecule has 1 aliphatic rings. The van der Waals surface area contributed by atoms with Crippen LogP contribution in [0.2, 0.25) is 0 Å². The lowest BCUT2D eigenvalue weighted by Gasteiger charge is -2.25. The number of carbonyl (C=O) groups excluding carboxylic acids is 3. The molecule has 0 saturated carbocycles. The van der Waals surface area contributed by atoms with Gasteiger partial charge in [-0.05, 0) is 12.1 Å². The van der Waals surface area contributed by atoms with Gasteiger partial charge in [0.25, 0.3) is 0 Å². The van der Waals surface area contributed by atoms with Crippen molar-refractivity contribution in [2.45, 2.75) is 6.92 Å². The monoisotopic (exact) mass is 323 g/mol. The van der Waals surface area contributed by atoms with E-state index in [9.17, 15) is 24.3 Å². The predicted octanol–water partition coefficient (Wildman–Crippen LogP) is 2.14. The molecule has 0 unspecified atom stereocenters. The number of nitrogens with zero attached hydrogens (tertiary/aromatic N) is 1. The van der Waals surface area contributed by atoms with Gasteiger partial charge in [-0.3, -0.25) is 14.4 Å². The van der Waals surface area contributed by atoms with Crippen molar-refractivity contribution >= 4 is 29.1 Å². The van der Waals surface area contributed by atoms with Crippen molar-refractivity contribution in [1.29, 1.82) is 0 Å². The normalized spacial score (nSPS) is 12.4. The minimum Gasteiger partial charge on any atom is -0.478 e. The van der Waals surface area contributed by atoms with Crippen LogP contribution in [0.15, 0.2) is 36.4 Å². The molecule has 2 aromatic rings. The van der Waals surface area contributed by atoms with Crippen molar-refractivity contribution in [3.63, 3.8) is 0 Å². The van der Waals surface area contributed by atoms with Gasteiger partial charge >= 0.3 is 5.97 Å². The Balaban J connectivity index is 2.39.